The molecule has 4 aromatic rings. The Morgan fingerprint density at radius 2 is 1.96 bits per heavy atom. The first-order valence-electron chi connectivity index (χ1n) is 8.38. The summed E-state index contributed by atoms with van der Waals surface area (Å²) in [6.45, 7) is 1.77. The number of ether oxygens (including phenoxy) is 1. The Balaban J connectivity index is 1.52. The molecule has 0 amide bonds. The van der Waals surface area contributed by atoms with Gasteiger partial charge in [-0.15, -0.1) is 0 Å². The molecule has 27 heavy (non-hydrogen) atoms. The number of fused-ring (bicyclic) bond motifs is 1. The van der Waals surface area contributed by atoms with Crippen molar-refractivity contribution in [2.24, 2.45) is 0 Å². The molecule has 0 unspecified atom stereocenters. The lowest BCUT2D eigenvalue weighted by Gasteiger charge is -2.06. The van der Waals surface area contributed by atoms with Crippen LogP contribution in [0.5, 0.6) is 0 Å². The molecule has 0 spiro atoms. The molecule has 0 atom stereocenters. The van der Waals surface area contributed by atoms with Gasteiger partial charge in [-0.1, -0.05) is 36.4 Å². The first-order chi connectivity index (χ1) is 13.1. The van der Waals surface area contributed by atoms with Gasteiger partial charge in [-0.05, 0) is 24.6 Å². The number of hydrogen-bond acceptors (Lipinski definition) is 5. The standard InChI is InChI=1S/C20H16N4O3/c1-13-6-5-9-24-18(25)10-15(21-19(13)24)12-27-20(26)17-11-16(22-23-17)14-7-3-2-4-8-14/h2-11H,12H2,1H3,(H,22,23). The van der Waals surface area contributed by atoms with Crippen LogP contribution < -0.4 is 5.56 Å². The van der Waals surface area contributed by atoms with E-state index in [1.807, 2.05) is 43.3 Å². The number of H-pyrrole nitrogens is 1. The van der Waals surface area contributed by atoms with E-state index >= 15 is 0 Å². The summed E-state index contributed by atoms with van der Waals surface area (Å²) >= 11 is 0. The minimum atomic E-state index is -0.559. The predicted octanol–water partition coefficient (Wildman–Crippen LogP) is 2.75. The maximum atomic E-state index is 12.3. The highest BCUT2D eigenvalue weighted by Crippen LogP contribution is 2.17. The van der Waals surface area contributed by atoms with E-state index in [1.165, 1.54) is 10.5 Å². The zero-order chi connectivity index (χ0) is 18.8. The highest BCUT2D eigenvalue weighted by molar-refractivity contribution is 5.88. The van der Waals surface area contributed by atoms with Gasteiger partial charge in [0.05, 0.1) is 11.4 Å². The summed E-state index contributed by atoms with van der Waals surface area (Å²) in [7, 11) is 0. The number of aryl methyl sites for hydroxylation is 1. The highest BCUT2D eigenvalue weighted by Gasteiger charge is 2.13. The van der Waals surface area contributed by atoms with Crippen molar-refractivity contribution < 1.29 is 9.53 Å². The lowest BCUT2D eigenvalue weighted by Crippen LogP contribution is -2.17. The predicted molar refractivity (Wildman–Crippen MR) is 99.3 cm³/mol. The second kappa shape index (κ2) is 6.87. The SMILES string of the molecule is Cc1cccn2c(=O)cc(COC(=O)c3cc(-c4ccccc4)n[nH]3)nc12. The number of benzene rings is 1. The van der Waals surface area contributed by atoms with E-state index in [4.69, 9.17) is 4.74 Å². The normalized spacial score (nSPS) is 10.9. The largest absolute Gasteiger partial charge is 0.454 e. The van der Waals surface area contributed by atoms with Crippen molar-refractivity contribution in [1.82, 2.24) is 19.6 Å². The van der Waals surface area contributed by atoms with E-state index in [-0.39, 0.29) is 17.9 Å². The molecule has 1 N–H and O–H groups in total. The van der Waals surface area contributed by atoms with Crippen LogP contribution in [0, 0.1) is 6.92 Å². The van der Waals surface area contributed by atoms with E-state index in [0.29, 0.717) is 17.0 Å². The summed E-state index contributed by atoms with van der Waals surface area (Å²) < 4.78 is 6.75. The lowest BCUT2D eigenvalue weighted by molar-refractivity contribution is 0.0460. The van der Waals surface area contributed by atoms with Crippen molar-refractivity contribution in [3.8, 4) is 11.3 Å². The van der Waals surface area contributed by atoms with Crippen molar-refractivity contribution >= 4 is 11.6 Å². The monoisotopic (exact) mass is 360 g/mol. The molecule has 7 nitrogen and oxygen atoms in total. The van der Waals surface area contributed by atoms with Gasteiger partial charge in [-0.3, -0.25) is 14.3 Å². The zero-order valence-electron chi connectivity index (χ0n) is 14.5. The average molecular weight is 360 g/mol. The van der Waals surface area contributed by atoms with Crippen molar-refractivity contribution in [2.75, 3.05) is 0 Å². The fraction of sp³-hybridized carbons (Fsp3) is 0.100. The fourth-order valence-electron chi connectivity index (χ4n) is 2.78. The Labute approximate surface area is 154 Å². The number of rotatable bonds is 4. The van der Waals surface area contributed by atoms with E-state index < -0.39 is 5.97 Å². The Kier molecular flexibility index (Phi) is 4.25. The van der Waals surface area contributed by atoms with Gasteiger partial charge >= 0.3 is 5.97 Å². The summed E-state index contributed by atoms with van der Waals surface area (Å²) in [5.41, 5.74) is 3.37. The smallest absolute Gasteiger partial charge is 0.356 e. The summed E-state index contributed by atoms with van der Waals surface area (Å²) in [4.78, 5) is 28.9. The highest BCUT2D eigenvalue weighted by atomic mass is 16.5. The van der Waals surface area contributed by atoms with Crippen molar-refractivity contribution in [3.05, 3.63) is 88.1 Å². The first kappa shape index (κ1) is 16.7. The van der Waals surface area contributed by atoms with E-state index in [2.05, 4.69) is 15.2 Å². The summed E-state index contributed by atoms with van der Waals surface area (Å²) in [6.07, 6.45) is 1.66. The molecule has 134 valence electrons. The van der Waals surface area contributed by atoms with Gasteiger partial charge in [0.1, 0.15) is 17.9 Å². The second-order valence-corrected chi connectivity index (χ2v) is 6.08. The summed E-state index contributed by atoms with van der Waals surface area (Å²) in [5, 5.41) is 6.81. The van der Waals surface area contributed by atoms with Crippen LogP contribution in [-0.4, -0.2) is 25.6 Å². The Hall–Kier alpha value is -3.74. The van der Waals surface area contributed by atoms with Gasteiger partial charge in [0.15, 0.2) is 0 Å². The average Bonchev–Trinajstić information content (AvgIpc) is 3.18. The maximum absolute atomic E-state index is 12.3. The van der Waals surface area contributed by atoms with E-state index in [9.17, 15) is 9.59 Å². The zero-order valence-corrected chi connectivity index (χ0v) is 14.5. The molecule has 0 saturated carbocycles. The van der Waals surface area contributed by atoms with Crippen LogP contribution in [0.15, 0.2) is 65.6 Å². The van der Waals surface area contributed by atoms with Crippen molar-refractivity contribution in [2.45, 2.75) is 13.5 Å². The number of hydrogen-bond donors (Lipinski definition) is 1. The molecule has 0 radical (unpaired) electrons. The molecule has 0 fully saturated rings. The van der Waals surface area contributed by atoms with Crippen LogP contribution in [0.4, 0.5) is 0 Å². The van der Waals surface area contributed by atoms with Gasteiger partial charge in [0.25, 0.3) is 5.56 Å². The molecule has 0 aliphatic rings. The van der Waals surface area contributed by atoms with Crippen LogP contribution in [0.2, 0.25) is 0 Å². The van der Waals surface area contributed by atoms with Gasteiger partial charge in [-0.25, -0.2) is 9.78 Å². The molecular formula is C20H16N4O3. The molecule has 0 saturated heterocycles. The third kappa shape index (κ3) is 3.35. The molecule has 0 aliphatic carbocycles. The number of carbonyl (C=O) groups is 1. The van der Waals surface area contributed by atoms with Gasteiger partial charge in [-0.2, -0.15) is 5.10 Å². The number of carbonyl (C=O) groups excluding carboxylic acids is 1. The van der Waals surface area contributed by atoms with Gasteiger partial charge in [0, 0.05) is 17.8 Å². The number of aromatic nitrogens is 4. The minimum Gasteiger partial charge on any atom is -0.454 e. The van der Waals surface area contributed by atoms with Crippen LogP contribution in [-0.2, 0) is 11.3 Å². The number of pyridine rings is 1. The molecule has 3 aromatic heterocycles. The van der Waals surface area contributed by atoms with Crippen molar-refractivity contribution in [1.29, 1.82) is 0 Å². The molecule has 1 aromatic carbocycles. The molecule has 7 heteroatoms. The van der Waals surface area contributed by atoms with E-state index in [0.717, 1.165) is 11.1 Å². The Morgan fingerprint density at radius 3 is 2.78 bits per heavy atom. The molecule has 0 aliphatic heterocycles. The number of nitrogens with one attached hydrogen (secondary N) is 1. The lowest BCUT2D eigenvalue weighted by atomic mass is 10.1. The number of aromatic amines is 1. The summed E-state index contributed by atoms with van der Waals surface area (Å²) in [5.74, 6) is -0.559. The molecule has 4 rings (SSSR count). The molecule has 3 heterocycles. The second-order valence-electron chi connectivity index (χ2n) is 6.08. The van der Waals surface area contributed by atoms with Crippen LogP contribution in [0.3, 0.4) is 0 Å². The third-order valence-corrected chi connectivity index (χ3v) is 4.16. The molecule has 0 bridgehead atoms. The minimum absolute atomic E-state index is 0.0986. The molecular weight excluding hydrogens is 344 g/mol. The topological polar surface area (TPSA) is 89.4 Å². The van der Waals surface area contributed by atoms with Crippen LogP contribution in [0.1, 0.15) is 21.7 Å². The maximum Gasteiger partial charge on any atom is 0.356 e. The third-order valence-electron chi connectivity index (χ3n) is 4.16. The van der Waals surface area contributed by atoms with E-state index in [1.54, 1.807) is 18.3 Å². The van der Waals surface area contributed by atoms with Crippen molar-refractivity contribution in [3.63, 3.8) is 0 Å². The summed E-state index contributed by atoms with van der Waals surface area (Å²) in [6, 6.07) is 16.2. The number of nitrogens with zero attached hydrogens (tertiary/aromatic N) is 3. The van der Waals surface area contributed by atoms with Crippen LogP contribution in [0.25, 0.3) is 16.9 Å². The Morgan fingerprint density at radius 1 is 1.15 bits per heavy atom. The van der Waals surface area contributed by atoms with Gasteiger partial charge < -0.3 is 4.74 Å². The van der Waals surface area contributed by atoms with Crippen LogP contribution >= 0.6 is 0 Å². The first-order valence-corrected chi connectivity index (χ1v) is 8.38. The quantitative estimate of drug-likeness (QED) is 0.565. The fourth-order valence-corrected chi connectivity index (χ4v) is 2.78. The van der Waals surface area contributed by atoms with Gasteiger partial charge in [0.2, 0.25) is 0 Å². The Bertz CT molecular complexity index is 1180. The number of esters is 1.